The van der Waals surface area contributed by atoms with Crippen molar-refractivity contribution in [2.45, 2.75) is 32.2 Å². The van der Waals surface area contributed by atoms with Crippen molar-refractivity contribution in [3.8, 4) is 0 Å². The minimum absolute atomic E-state index is 0.0477. The predicted molar refractivity (Wildman–Crippen MR) is 84.3 cm³/mol. The molecule has 2 aromatic rings. The van der Waals surface area contributed by atoms with E-state index < -0.39 is 0 Å². The lowest BCUT2D eigenvalue weighted by Gasteiger charge is -2.30. The quantitative estimate of drug-likeness (QED) is 0.785. The van der Waals surface area contributed by atoms with Crippen molar-refractivity contribution in [3.63, 3.8) is 0 Å². The van der Waals surface area contributed by atoms with Crippen LogP contribution in [0.4, 0.5) is 0 Å². The molecule has 0 radical (unpaired) electrons. The van der Waals surface area contributed by atoms with E-state index in [1.165, 1.54) is 9.40 Å². The Bertz CT molecular complexity index is 505. The number of nitrogens with one attached hydrogen (secondary N) is 1. The third-order valence-electron chi connectivity index (χ3n) is 3.35. The van der Waals surface area contributed by atoms with E-state index in [-0.39, 0.29) is 11.4 Å². The average Bonchev–Trinajstić information content (AvgIpc) is 2.96. The minimum Gasteiger partial charge on any atom is -0.345 e. The van der Waals surface area contributed by atoms with Gasteiger partial charge in [0, 0.05) is 20.3 Å². The number of hydrogen-bond donors (Lipinski definition) is 1. The summed E-state index contributed by atoms with van der Waals surface area (Å²) >= 11 is 6.76. The zero-order chi connectivity index (χ0) is 13.2. The van der Waals surface area contributed by atoms with Crippen LogP contribution in [0.15, 0.2) is 17.5 Å². The maximum absolute atomic E-state index is 12.3. The van der Waals surface area contributed by atoms with Crippen LogP contribution >= 0.6 is 38.6 Å². The molecule has 1 N–H and O–H groups in total. The summed E-state index contributed by atoms with van der Waals surface area (Å²) in [5.74, 6) is 0.0477. The topological polar surface area (TPSA) is 29.1 Å². The summed E-state index contributed by atoms with van der Waals surface area (Å²) in [5, 5.41) is 6.03. The Morgan fingerprint density at radius 3 is 2.67 bits per heavy atom. The molecule has 0 saturated carbocycles. The highest BCUT2D eigenvalue weighted by Gasteiger charge is 2.27. The summed E-state index contributed by atoms with van der Waals surface area (Å²) in [6.45, 7) is 4.22. The summed E-state index contributed by atoms with van der Waals surface area (Å²) in [6.07, 6.45) is 1.86. The monoisotopic (exact) mass is 345 g/mol. The first-order valence-electron chi connectivity index (χ1n) is 5.99. The molecule has 2 aromatic heterocycles. The number of carbonyl (C=O) groups excluding carboxylic acids is 1. The van der Waals surface area contributed by atoms with Crippen LogP contribution in [0.2, 0.25) is 0 Å². The second kappa shape index (κ2) is 5.72. The maximum atomic E-state index is 12.3. The Morgan fingerprint density at radius 1 is 1.39 bits per heavy atom. The Morgan fingerprint density at radius 2 is 2.11 bits per heavy atom. The molecular formula is C13H16BrNOS2. The Hall–Kier alpha value is -0.390. The van der Waals surface area contributed by atoms with Gasteiger partial charge in [0.25, 0.3) is 5.91 Å². The molecule has 0 fully saturated rings. The molecule has 2 nitrogen and oxygen atoms in total. The fourth-order valence-electron chi connectivity index (χ4n) is 1.83. The Labute approximate surface area is 124 Å². The molecule has 2 heterocycles. The molecular weight excluding hydrogens is 330 g/mol. The third-order valence-corrected chi connectivity index (χ3v) is 6.52. The van der Waals surface area contributed by atoms with Gasteiger partial charge in [-0.25, -0.2) is 0 Å². The smallest absolute Gasteiger partial charge is 0.261 e. The molecule has 0 atom stereocenters. The lowest BCUT2D eigenvalue weighted by Crippen LogP contribution is -2.48. The Balaban J connectivity index is 2.19. The summed E-state index contributed by atoms with van der Waals surface area (Å²) < 4.78 is 2.39. The van der Waals surface area contributed by atoms with E-state index in [1.54, 1.807) is 22.7 Å². The summed E-state index contributed by atoms with van der Waals surface area (Å²) in [5.41, 5.74) is -0.130. The average molecular weight is 346 g/mol. The number of carbonyl (C=O) groups is 1. The number of halogens is 1. The highest BCUT2D eigenvalue weighted by molar-refractivity contribution is 9.09. The van der Waals surface area contributed by atoms with Crippen molar-refractivity contribution >= 4 is 53.9 Å². The SMILES string of the molecule is CCC(CC)(CBr)NC(=O)c1cc2sccc2s1. The van der Waals surface area contributed by atoms with Crippen LogP contribution < -0.4 is 5.32 Å². The van der Waals surface area contributed by atoms with Gasteiger partial charge in [-0.3, -0.25) is 4.79 Å². The molecule has 0 saturated heterocycles. The van der Waals surface area contributed by atoms with E-state index >= 15 is 0 Å². The lowest BCUT2D eigenvalue weighted by atomic mass is 9.95. The molecule has 0 aliphatic rings. The molecule has 0 aromatic carbocycles. The van der Waals surface area contributed by atoms with Gasteiger partial charge < -0.3 is 5.32 Å². The van der Waals surface area contributed by atoms with Crippen LogP contribution in [-0.4, -0.2) is 16.8 Å². The van der Waals surface area contributed by atoms with Gasteiger partial charge >= 0.3 is 0 Å². The standard InChI is InChI=1S/C13H16BrNOS2/c1-3-13(4-2,8-14)15-12(16)11-7-10-9(18-11)5-6-17-10/h5-7H,3-4,8H2,1-2H3,(H,15,16). The van der Waals surface area contributed by atoms with Gasteiger partial charge in [0.05, 0.1) is 4.88 Å². The zero-order valence-electron chi connectivity index (χ0n) is 10.5. The van der Waals surface area contributed by atoms with E-state index in [9.17, 15) is 4.79 Å². The van der Waals surface area contributed by atoms with Crippen LogP contribution in [0.1, 0.15) is 36.4 Å². The fraction of sp³-hybridized carbons (Fsp3) is 0.462. The molecule has 5 heteroatoms. The van der Waals surface area contributed by atoms with E-state index in [1.807, 2.05) is 6.07 Å². The van der Waals surface area contributed by atoms with Gasteiger partial charge in [-0.2, -0.15) is 0 Å². The number of rotatable bonds is 5. The molecule has 0 aliphatic heterocycles. The van der Waals surface area contributed by atoms with Crippen molar-refractivity contribution in [2.24, 2.45) is 0 Å². The summed E-state index contributed by atoms with van der Waals surface area (Å²) in [6, 6.07) is 4.06. The summed E-state index contributed by atoms with van der Waals surface area (Å²) in [4.78, 5) is 13.1. The zero-order valence-corrected chi connectivity index (χ0v) is 13.7. The fourth-order valence-corrected chi connectivity index (χ4v) is 4.77. The molecule has 2 rings (SSSR count). The van der Waals surface area contributed by atoms with Gasteiger partial charge in [-0.05, 0) is 30.4 Å². The molecule has 98 valence electrons. The number of amides is 1. The first-order chi connectivity index (χ1) is 8.64. The second-order valence-electron chi connectivity index (χ2n) is 4.33. The highest BCUT2D eigenvalue weighted by atomic mass is 79.9. The van der Waals surface area contributed by atoms with E-state index in [4.69, 9.17) is 0 Å². The second-order valence-corrected chi connectivity index (χ2v) is 6.93. The van der Waals surface area contributed by atoms with Gasteiger partial charge in [0.2, 0.25) is 0 Å². The molecule has 1 amide bonds. The van der Waals surface area contributed by atoms with Gasteiger partial charge in [-0.1, -0.05) is 29.8 Å². The molecule has 0 unspecified atom stereocenters. The molecule has 18 heavy (non-hydrogen) atoms. The van der Waals surface area contributed by atoms with Gasteiger partial charge in [-0.15, -0.1) is 22.7 Å². The Kier molecular flexibility index (Phi) is 4.45. The normalized spacial score (nSPS) is 11.9. The summed E-state index contributed by atoms with van der Waals surface area (Å²) in [7, 11) is 0. The highest BCUT2D eigenvalue weighted by Crippen LogP contribution is 2.30. The van der Waals surface area contributed by atoms with Crippen LogP contribution in [0.3, 0.4) is 0 Å². The van der Waals surface area contributed by atoms with E-state index in [0.717, 1.165) is 23.0 Å². The predicted octanol–water partition coefficient (Wildman–Crippen LogP) is 4.65. The van der Waals surface area contributed by atoms with E-state index in [0.29, 0.717) is 0 Å². The van der Waals surface area contributed by atoms with Crippen LogP contribution in [0.25, 0.3) is 9.40 Å². The molecule has 0 spiro atoms. The first kappa shape index (κ1) is 14.0. The van der Waals surface area contributed by atoms with Crippen molar-refractivity contribution in [3.05, 3.63) is 22.4 Å². The van der Waals surface area contributed by atoms with Crippen LogP contribution in [-0.2, 0) is 0 Å². The first-order valence-corrected chi connectivity index (χ1v) is 8.81. The lowest BCUT2D eigenvalue weighted by molar-refractivity contribution is 0.0908. The third kappa shape index (κ3) is 2.63. The number of hydrogen-bond acceptors (Lipinski definition) is 3. The number of alkyl halides is 1. The van der Waals surface area contributed by atoms with Crippen molar-refractivity contribution < 1.29 is 4.79 Å². The maximum Gasteiger partial charge on any atom is 0.261 e. The number of thiophene rings is 2. The van der Waals surface area contributed by atoms with Crippen molar-refractivity contribution in [1.29, 1.82) is 0 Å². The number of fused-ring (bicyclic) bond motifs is 1. The molecule has 0 bridgehead atoms. The van der Waals surface area contributed by atoms with Gasteiger partial charge in [0.1, 0.15) is 0 Å². The van der Waals surface area contributed by atoms with Crippen molar-refractivity contribution in [1.82, 2.24) is 5.32 Å². The van der Waals surface area contributed by atoms with Gasteiger partial charge in [0.15, 0.2) is 0 Å². The van der Waals surface area contributed by atoms with Crippen LogP contribution in [0.5, 0.6) is 0 Å². The molecule has 0 aliphatic carbocycles. The van der Waals surface area contributed by atoms with Crippen molar-refractivity contribution in [2.75, 3.05) is 5.33 Å². The minimum atomic E-state index is -0.130. The largest absolute Gasteiger partial charge is 0.345 e. The van der Waals surface area contributed by atoms with E-state index in [2.05, 4.69) is 46.5 Å². The van der Waals surface area contributed by atoms with Crippen LogP contribution in [0, 0.1) is 0 Å².